The van der Waals surface area contributed by atoms with E-state index in [4.69, 9.17) is 0 Å². The van der Waals surface area contributed by atoms with Gasteiger partial charge in [-0.1, -0.05) is 34.6 Å². The molecule has 0 saturated heterocycles. The fourth-order valence-corrected chi connectivity index (χ4v) is 3.97. The van der Waals surface area contributed by atoms with E-state index >= 15 is 0 Å². The van der Waals surface area contributed by atoms with Crippen LogP contribution in [0.5, 0.6) is 0 Å². The first-order valence-corrected chi connectivity index (χ1v) is 9.63. The molecule has 0 amide bonds. The van der Waals surface area contributed by atoms with Crippen LogP contribution in [0.15, 0.2) is 49.2 Å². The van der Waals surface area contributed by atoms with Crippen LogP contribution in [-0.4, -0.2) is 19.5 Å². The summed E-state index contributed by atoms with van der Waals surface area (Å²) in [6.45, 7) is 12.3. The van der Waals surface area contributed by atoms with Crippen LogP contribution in [0.1, 0.15) is 52.3 Å². The minimum absolute atomic E-state index is 0.0437. The molecule has 4 nitrogen and oxygen atoms in total. The molecular formula is C23H28N4. The molecule has 0 aliphatic rings. The number of hydrogen-bond acceptors (Lipinski definition) is 2. The van der Waals surface area contributed by atoms with Crippen molar-refractivity contribution < 1.29 is 0 Å². The van der Waals surface area contributed by atoms with Gasteiger partial charge in [0.1, 0.15) is 0 Å². The van der Waals surface area contributed by atoms with E-state index in [-0.39, 0.29) is 10.8 Å². The van der Waals surface area contributed by atoms with Gasteiger partial charge in [0.25, 0.3) is 0 Å². The second-order valence-electron chi connectivity index (χ2n) is 9.11. The Morgan fingerprint density at radius 1 is 1.00 bits per heavy atom. The highest BCUT2D eigenvalue weighted by molar-refractivity contribution is 5.84. The van der Waals surface area contributed by atoms with Crippen molar-refractivity contribution in [2.45, 2.75) is 58.4 Å². The molecule has 0 unspecified atom stereocenters. The SMILES string of the molecule is CC(C)(C)c1nccc2c1ccn2CCC(C)(C)c1c[nH]c2ccncc12. The number of aromatic nitrogens is 4. The van der Waals surface area contributed by atoms with Crippen LogP contribution in [0.4, 0.5) is 0 Å². The van der Waals surface area contributed by atoms with E-state index < -0.39 is 0 Å². The molecule has 0 aromatic carbocycles. The molecule has 0 bridgehead atoms. The number of rotatable bonds is 4. The molecular weight excluding hydrogens is 332 g/mol. The Hall–Kier alpha value is -2.62. The molecule has 0 aliphatic heterocycles. The number of H-pyrrole nitrogens is 1. The molecule has 4 aromatic heterocycles. The first kappa shape index (κ1) is 17.8. The monoisotopic (exact) mass is 360 g/mol. The number of pyridine rings is 2. The van der Waals surface area contributed by atoms with Gasteiger partial charge in [-0.05, 0) is 35.6 Å². The van der Waals surface area contributed by atoms with Gasteiger partial charge >= 0.3 is 0 Å². The molecule has 4 heteroatoms. The van der Waals surface area contributed by atoms with E-state index in [2.05, 4.69) is 78.7 Å². The quantitative estimate of drug-likeness (QED) is 0.516. The van der Waals surface area contributed by atoms with Crippen LogP contribution in [0.2, 0.25) is 0 Å². The predicted octanol–water partition coefficient (Wildman–Crippen LogP) is 5.58. The molecule has 0 aliphatic carbocycles. The molecule has 0 spiro atoms. The summed E-state index contributed by atoms with van der Waals surface area (Å²) in [7, 11) is 0. The average Bonchev–Trinajstić information content (AvgIpc) is 3.23. The predicted molar refractivity (Wildman–Crippen MR) is 112 cm³/mol. The van der Waals surface area contributed by atoms with E-state index in [1.165, 1.54) is 27.5 Å². The van der Waals surface area contributed by atoms with Gasteiger partial charge in [-0.15, -0.1) is 0 Å². The molecule has 4 heterocycles. The number of nitrogens with one attached hydrogen (secondary N) is 1. The molecule has 27 heavy (non-hydrogen) atoms. The zero-order valence-corrected chi connectivity index (χ0v) is 16.9. The zero-order chi connectivity index (χ0) is 19.2. The zero-order valence-electron chi connectivity index (χ0n) is 16.9. The molecule has 140 valence electrons. The van der Waals surface area contributed by atoms with Crippen molar-refractivity contribution in [1.29, 1.82) is 0 Å². The first-order chi connectivity index (χ1) is 12.8. The van der Waals surface area contributed by atoms with E-state index in [1.807, 2.05) is 24.7 Å². The van der Waals surface area contributed by atoms with Gasteiger partial charge in [0.2, 0.25) is 0 Å². The maximum Gasteiger partial charge on any atom is 0.0550 e. The Balaban J connectivity index is 1.63. The van der Waals surface area contributed by atoms with E-state index in [9.17, 15) is 0 Å². The van der Waals surface area contributed by atoms with Crippen LogP contribution < -0.4 is 0 Å². The summed E-state index contributed by atoms with van der Waals surface area (Å²) in [5, 5.41) is 2.48. The summed E-state index contributed by atoms with van der Waals surface area (Å²) in [5.41, 5.74) is 5.02. The first-order valence-electron chi connectivity index (χ1n) is 9.63. The maximum atomic E-state index is 4.65. The second kappa shape index (κ2) is 6.22. The molecule has 4 rings (SSSR count). The van der Waals surface area contributed by atoms with Gasteiger partial charge in [-0.3, -0.25) is 9.97 Å². The summed E-state index contributed by atoms with van der Waals surface area (Å²) in [6.07, 6.45) is 11.1. The summed E-state index contributed by atoms with van der Waals surface area (Å²) < 4.78 is 2.36. The van der Waals surface area contributed by atoms with Gasteiger partial charge < -0.3 is 9.55 Å². The van der Waals surface area contributed by atoms with E-state index in [1.54, 1.807) is 0 Å². The summed E-state index contributed by atoms with van der Waals surface area (Å²) in [6, 6.07) is 6.38. The lowest BCUT2D eigenvalue weighted by Gasteiger charge is -2.25. The van der Waals surface area contributed by atoms with Crippen LogP contribution in [-0.2, 0) is 17.4 Å². The third-order valence-corrected chi connectivity index (χ3v) is 5.60. The highest BCUT2D eigenvalue weighted by atomic mass is 15.0. The van der Waals surface area contributed by atoms with E-state index in [0.717, 1.165) is 18.5 Å². The Morgan fingerprint density at radius 2 is 1.81 bits per heavy atom. The van der Waals surface area contributed by atoms with Crippen LogP contribution in [0.3, 0.4) is 0 Å². The molecule has 0 fully saturated rings. The van der Waals surface area contributed by atoms with Crippen LogP contribution in [0, 0.1) is 0 Å². The number of fused-ring (bicyclic) bond motifs is 2. The lowest BCUT2D eigenvalue weighted by atomic mass is 9.81. The van der Waals surface area contributed by atoms with Gasteiger partial charge in [-0.2, -0.15) is 0 Å². The van der Waals surface area contributed by atoms with Crippen molar-refractivity contribution in [1.82, 2.24) is 19.5 Å². The van der Waals surface area contributed by atoms with Crippen molar-refractivity contribution in [3.63, 3.8) is 0 Å². The fraction of sp³-hybridized carbons (Fsp3) is 0.391. The van der Waals surface area contributed by atoms with Crippen LogP contribution >= 0.6 is 0 Å². The Bertz CT molecular complexity index is 1090. The van der Waals surface area contributed by atoms with Crippen molar-refractivity contribution in [3.05, 3.63) is 60.4 Å². The molecule has 0 atom stereocenters. The maximum absolute atomic E-state index is 4.65. The second-order valence-corrected chi connectivity index (χ2v) is 9.11. The van der Waals surface area contributed by atoms with Gasteiger partial charge in [0.15, 0.2) is 0 Å². The largest absolute Gasteiger partial charge is 0.361 e. The molecule has 4 aromatic rings. The third kappa shape index (κ3) is 3.14. The summed E-state index contributed by atoms with van der Waals surface area (Å²) in [5.74, 6) is 0. The van der Waals surface area contributed by atoms with Gasteiger partial charge in [-0.25, -0.2) is 0 Å². The fourth-order valence-electron chi connectivity index (χ4n) is 3.97. The van der Waals surface area contributed by atoms with Crippen molar-refractivity contribution in [2.24, 2.45) is 0 Å². The number of aromatic amines is 1. The lowest BCUT2D eigenvalue weighted by molar-refractivity contribution is 0.445. The molecule has 1 N–H and O–H groups in total. The van der Waals surface area contributed by atoms with Gasteiger partial charge in [0, 0.05) is 59.2 Å². The van der Waals surface area contributed by atoms with Crippen molar-refractivity contribution in [2.75, 3.05) is 0 Å². The highest BCUT2D eigenvalue weighted by Gasteiger charge is 2.25. The Labute approximate surface area is 160 Å². The topological polar surface area (TPSA) is 46.5 Å². The lowest BCUT2D eigenvalue weighted by Crippen LogP contribution is -2.19. The average molecular weight is 361 g/mol. The Kier molecular flexibility index (Phi) is 4.10. The smallest absolute Gasteiger partial charge is 0.0550 e. The van der Waals surface area contributed by atoms with Crippen LogP contribution in [0.25, 0.3) is 21.8 Å². The summed E-state index contributed by atoms with van der Waals surface area (Å²) in [4.78, 5) is 12.3. The van der Waals surface area contributed by atoms with Crippen molar-refractivity contribution in [3.8, 4) is 0 Å². The van der Waals surface area contributed by atoms with E-state index in [0.29, 0.717) is 0 Å². The standard InChI is InChI=1S/C23H28N4/c1-22(2,3)21-16-8-12-27(20(16)7-11-25-21)13-9-23(4,5)18-15-26-19-6-10-24-14-17(18)19/h6-8,10-12,14-15,26H,9,13H2,1-5H3. The molecule has 0 saturated carbocycles. The highest BCUT2D eigenvalue weighted by Crippen LogP contribution is 2.34. The Morgan fingerprint density at radius 3 is 2.59 bits per heavy atom. The number of aryl methyl sites for hydroxylation is 1. The number of hydrogen-bond donors (Lipinski definition) is 1. The third-order valence-electron chi connectivity index (χ3n) is 5.60. The molecule has 0 radical (unpaired) electrons. The van der Waals surface area contributed by atoms with Crippen molar-refractivity contribution >= 4 is 21.8 Å². The minimum atomic E-state index is 0.0437. The number of nitrogens with zero attached hydrogens (tertiary/aromatic N) is 3. The normalized spacial score (nSPS) is 12.9. The summed E-state index contributed by atoms with van der Waals surface area (Å²) >= 11 is 0. The van der Waals surface area contributed by atoms with Gasteiger partial charge in [0.05, 0.1) is 11.2 Å². The minimum Gasteiger partial charge on any atom is -0.361 e.